The molecular formula is C81H118N32O24. The zero-order valence-electron chi connectivity index (χ0n) is 74.4. The maximum atomic E-state index is 15.2. The molecule has 746 valence electrons. The number of carboxylic acids is 2. The molecule has 2 aromatic carbocycles. The summed E-state index contributed by atoms with van der Waals surface area (Å²) in [6, 6.07) is -14.0. The summed E-state index contributed by atoms with van der Waals surface area (Å²) in [6.07, 6.45) is 1.66. The van der Waals surface area contributed by atoms with Crippen molar-refractivity contribution < 1.29 is 117 Å². The van der Waals surface area contributed by atoms with E-state index in [9.17, 15) is 107 Å². The van der Waals surface area contributed by atoms with E-state index < -0.39 is 286 Å². The number of hydrogen-bond donors (Lipinski definition) is 36. The Bertz CT molecular complexity index is 5220. The average Bonchev–Trinajstić information content (AvgIpc) is 1.60. The zero-order valence-corrected chi connectivity index (χ0v) is 74.4. The molecule has 4 heterocycles. The minimum atomic E-state index is -2.09. The van der Waals surface area contributed by atoms with E-state index in [1.54, 1.807) is 48.5 Å². The van der Waals surface area contributed by atoms with Crippen molar-refractivity contribution in [1.29, 1.82) is 16.2 Å². The number of hydrogen-bond acceptors (Lipinski definition) is 28. The van der Waals surface area contributed by atoms with Crippen molar-refractivity contribution in [3.8, 4) is 0 Å². The summed E-state index contributed by atoms with van der Waals surface area (Å²) in [5, 5.41) is 125. The Morgan fingerprint density at radius 1 is 0.350 bits per heavy atom. The molecule has 56 nitrogen and oxygen atoms in total. The lowest BCUT2D eigenvalue weighted by molar-refractivity contribution is -0.143. The van der Waals surface area contributed by atoms with Gasteiger partial charge in [0.05, 0.1) is 58.3 Å². The molecule has 0 aliphatic rings. The highest BCUT2D eigenvalue weighted by Gasteiger charge is 2.41. The number of H-pyrrole nitrogens is 4. The average molecular weight is 1920 g/mol. The molecule has 0 unspecified atom stereocenters. The summed E-state index contributed by atoms with van der Waals surface area (Å²) in [7, 11) is 0. The van der Waals surface area contributed by atoms with Crippen LogP contribution >= 0.6 is 0 Å². The Labute approximate surface area is 779 Å². The first-order valence-corrected chi connectivity index (χ1v) is 42.8. The van der Waals surface area contributed by atoms with E-state index >= 15 is 9.59 Å². The van der Waals surface area contributed by atoms with Crippen molar-refractivity contribution in [2.75, 3.05) is 46.1 Å². The minimum absolute atomic E-state index is 0.0271. The molecule has 0 saturated heterocycles. The number of nitrogens with zero attached hydrogens (tertiary/aromatic N) is 2. The number of carbonyl (C=O) groups is 18. The molecule has 16 amide bonds. The third-order valence-corrected chi connectivity index (χ3v) is 20.8. The number of guanidine groups is 3. The fraction of sp³-hybridized carbons (Fsp3) is 0.469. The number of primary amides is 2. The highest BCUT2D eigenvalue weighted by atomic mass is 16.4. The zero-order chi connectivity index (χ0) is 101. The maximum absolute atomic E-state index is 15.2. The van der Waals surface area contributed by atoms with Crippen LogP contribution in [0.3, 0.4) is 0 Å². The molecule has 0 aliphatic carbocycles. The van der Waals surface area contributed by atoms with Crippen molar-refractivity contribution in [2.24, 2.45) is 40.3 Å². The molecule has 56 heteroatoms. The van der Waals surface area contributed by atoms with Gasteiger partial charge in [-0.25, -0.2) is 14.8 Å². The van der Waals surface area contributed by atoms with Crippen LogP contribution in [-0.4, -0.2) is 322 Å². The summed E-state index contributed by atoms with van der Waals surface area (Å²) in [5.41, 5.74) is 35.2. The van der Waals surface area contributed by atoms with Crippen LogP contribution in [0.5, 0.6) is 0 Å². The van der Waals surface area contributed by atoms with Crippen LogP contribution in [0.2, 0.25) is 0 Å². The number of nitrogens with two attached hydrogens (primary N) is 6. The Morgan fingerprint density at radius 2 is 0.642 bits per heavy atom. The number of aromatic nitrogens is 6. The Kier molecular flexibility index (Phi) is 44.0. The molecule has 15 atom stereocenters. The van der Waals surface area contributed by atoms with E-state index in [4.69, 9.17) is 50.6 Å². The summed E-state index contributed by atoms with van der Waals surface area (Å²) >= 11 is 0. The van der Waals surface area contributed by atoms with E-state index in [0.717, 1.165) is 0 Å². The van der Waals surface area contributed by atoms with Gasteiger partial charge in [-0.2, -0.15) is 0 Å². The number of para-hydroxylation sites is 2. The van der Waals surface area contributed by atoms with Gasteiger partial charge in [0.25, 0.3) is 0 Å². The molecular weight excluding hydrogens is 1810 g/mol. The Hall–Kier alpha value is -16.0. The fourth-order valence-electron chi connectivity index (χ4n) is 13.7. The SMILES string of the molecule is CC(C)[C@H](NC(=O)[C@H](Cc1c[nH]c2ccccc12)NC(=O)[C@H](CCCNC(=N)N)NC(=O)[C@H](CC(=O)O)NC(=O)[C@H](Cc1c[nH]c2ccccc12)NC(=O)[C@H](CO)NC(=O)[C@@H](N)CO)C(=O)N[C@@H](CC(N)=O)C(=O)N[C@@H](Cc1cnc[nH]1)C(=O)N[C@@H](CO)C(=O)N[C@@H](Cc1cnc[nH]1)C(=O)N[C@@H](CCCNC(=N)N)C(=O)N[C@@H](CC(N)=O)C(=O)N[C@@H](CO)C(=O)N[C@@H](CCCNC(=N)N)C(=O)O. The van der Waals surface area contributed by atoms with Gasteiger partial charge in [-0.15, -0.1) is 0 Å². The number of carboxylic acid groups (broad SMARTS) is 2. The van der Waals surface area contributed by atoms with Gasteiger partial charge in [-0.3, -0.25) is 97.7 Å². The van der Waals surface area contributed by atoms with Gasteiger partial charge in [-0.1, -0.05) is 50.2 Å². The summed E-state index contributed by atoms with van der Waals surface area (Å²) in [4.78, 5) is 270. The lowest BCUT2D eigenvalue weighted by Gasteiger charge is -2.29. The molecule has 6 rings (SSSR count). The number of benzene rings is 2. The van der Waals surface area contributed by atoms with Crippen LogP contribution < -0.4 is 125 Å². The summed E-state index contributed by atoms with van der Waals surface area (Å²) in [5.74, 6) is -25.2. The van der Waals surface area contributed by atoms with Crippen molar-refractivity contribution in [3.05, 3.63) is 108 Å². The number of imidazole rings is 2. The maximum Gasteiger partial charge on any atom is 0.326 e. The van der Waals surface area contributed by atoms with Crippen LogP contribution in [-0.2, 0) is 112 Å². The smallest absolute Gasteiger partial charge is 0.326 e. The standard InChI is InChI=1S/C81H118N32O24/c1-37(2)63(113-73(131)51(21-39-28-97-46-13-6-4-11-43(39)46)103-65(123)47(14-7-17-93-79(85)86)101-72(130)56(26-62(120)121)108-67(125)50(20-38-27-96-45-12-5-3-10-42(38)45)104-75(133)57(32-115)110-64(122)44(82)31-114)77(135)109-55(25-61(84)119)70(128)105-53(23-41-30-92-36-99-41)69(127)111-59(34-117)76(134)106-52(22-40-29-91-35-98-40)68(126)100-48(15-8-18-94-80(87)88)66(124)107-54(24-60(83)118)71(129)112-58(33-116)74(132)102-49(78(136)137)16-9-19-95-81(89)90/h3-6,10-13,27-30,35-37,44,47-59,63,96-97,114-117H,7-9,14-26,31-34,82H2,1-2H3,(H2,83,118)(H2,84,119)(H,91,98)(H,92,99)(H,100,126)(H,101,130)(H,102,132)(H,103,123)(H,104,133)(H,105,128)(H,106,134)(H,107,124)(H,108,125)(H,109,135)(H,110,122)(H,111,127)(H,112,129)(H,113,131)(H,120,121)(H,136,137)(H4,85,86,93)(H4,87,88,94)(H4,89,90,95)/t44-,47-,48-,49-,50-,51-,52-,53-,54-,55-,56-,57-,58-,59-,63-/m0/s1. The third kappa shape index (κ3) is 36.2. The number of rotatable bonds is 60. The van der Waals surface area contributed by atoms with Crippen molar-refractivity contribution in [1.82, 2.24) is 120 Å². The monoisotopic (exact) mass is 1920 g/mol. The second kappa shape index (κ2) is 54.9. The molecule has 0 aliphatic heterocycles. The highest BCUT2D eigenvalue weighted by Crippen LogP contribution is 2.23. The van der Waals surface area contributed by atoms with Crippen molar-refractivity contribution in [3.63, 3.8) is 0 Å². The summed E-state index contributed by atoms with van der Waals surface area (Å²) < 4.78 is 0. The molecule has 6 aromatic rings. The van der Waals surface area contributed by atoms with Crippen LogP contribution in [0.1, 0.15) is 94.1 Å². The van der Waals surface area contributed by atoms with Gasteiger partial charge in [0.2, 0.25) is 94.5 Å². The van der Waals surface area contributed by atoms with Crippen LogP contribution in [0.25, 0.3) is 21.8 Å². The van der Waals surface area contributed by atoms with Gasteiger partial charge in [0.15, 0.2) is 17.9 Å². The number of carbonyl (C=O) groups excluding carboxylic acids is 16. The number of aliphatic carboxylic acids is 2. The lowest BCUT2D eigenvalue weighted by Crippen LogP contribution is -2.62. The van der Waals surface area contributed by atoms with E-state index in [0.29, 0.717) is 32.9 Å². The Morgan fingerprint density at radius 3 is 0.971 bits per heavy atom. The topological polar surface area (TPSA) is 950 Å². The van der Waals surface area contributed by atoms with Gasteiger partial charge in [0, 0.05) is 103 Å². The van der Waals surface area contributed by atoms with E-state index in [-0.39, 0.29) is 76.0 Å². The van der Waals surface area contributed by atoms with Crippen molar-refractivity contribution >= 4 is 146 Å². The van der Waals surface area contributed by atoms with Crippen LogP contribution in [0.15, 0.2) is 86.0 Å². The van der Waals surface area contributed by atoms with E-state index in [2.05, 4.69) is 120 Å². The van der Waals surface area contributed by atoms with Gasteiger partial charge >= 0.3 is 11.9 Å². The normalized spacial score (nSPS) is 14.4. The van der Waals surface area contributed by atoms with E-state index in [1.807, 2.05) is 0 Å². The number of amides is 16. The van der Waals surface area contributed by atoms with Crippen molar-refractivity contribution in [2.45, 2.75) is 188 Å². The van der Waals surface area contributed by atoms with Gasteiger partial charge < -0.3 is 175 Å². The number of aromatic amines is 4. The summed E-state index contributed by atoms with van der Waals surface area (Å²) in [6.45, 7) is -1.68. The lowest BCUT2D eigenvalue weighted by atomic mass is 9.99. The molecule has 0 spiro atoms. The van der Waals surface area contributed by atoms with E-state index in [1.165, 1.54) is 51.3 Å². The minimum Gasteiger partial charge on any atom is -0.481 e. The molecule has 0 bridgehead atoms. The molecule has 4 aromatic heterocycles. The number of aliphatic hydroxyl groups excluding tert-OH is 4. The predicted molar refractivity (Wildman–Crippen MR) is 482 cm³/mol. The highest BCUT2D eigenvalue weighted by molar-refractivity contribution is 6.03. The molecule has 42 N–H and O–H groups in total. The largest absolute Gasteiger partial charge is 0.481 e. The number of fused-ring (bicyclic) bond motifs is 2. The molecule has 137 heavy (non-hydrogen) atoms. The molecule has 0 radical (unpaired) electrons. The first-order chi connectivity index (χ1) is 65.0. The number of aliphatic hydroxyl groups is 4. The first kappa shape index (κ1) is 110. The number of nitrogens with one attached hydrogen (secondary N) is 24. The second-order valence-electron chi connectivity index (χ2n) is 31.8. The quantitative estimate of drug-likeness (QED) is 0.00958. The first-order valence-electron chi connectivity index (χ1n) is 42.8. The van der Waals surface area contributed by atoms with Crippen LogP contribution in [0, 0.1) is 22.1 Å². The van der Waals surface area contributed by atoms with Crippen LogP contribution in [0.4, 0.5) is 0 Å². The second-order valence-corrected chi connectivity index (χ2v) is 31.8. The molecule has 0 fully saturated rings. The van der Waals surface area contributed by atoms with Gasteiger partial charge in [-0.05, 0) is 67.7 Å². The molecule has 0 saturated carbocycles. The van der Waals surface area contributed by atoms with Gasteiger partial charge in [0.1, 0.15) is 90.6 Å². The Balaban J connectivity index is 1.25. The predicted octanol–water partition coefficient (Wildman–Crippen LogP) is -12.8. The fourth-order valence-corrected chi connectivity index (χ4v) is 13.7. The third-order valence-electron chi connectivity index (χ3n) is 20.8.